The van der Waals surface area contributed by atoms with Crippen LogP contribution in [-0.4, -0.2) is 10.9 Å². The molecule has 0 saturated heterocycles. The van der Waals surface area contributed by atoms with Gasteiger partial charge < -0.3 is 10.6 Å². The van der Waals surface area contributed by atoms with Crippen LogP contribution in [0.2, 0.25) is 0 Å². The van der Waals surface area contributed by atoms with Crippen LogP contribution in [-0.2, 0) is 17.8 Å². The number of carbonyl (C=O) groups is 1. The van der Waals surface area contributed by atoms with Gasteiger partial charge >= 0.3 is 0 Å². The van der Waals surface area contributed by atoms with Crippen molar-refractivity contribution >= 4 is 17.3 Å². The highest BCUT2D eigenvalue weighted by molar-refractivity contribution is 5.94. The molecule has 0 radical (unpaired) electrons. The van der Waals surface area contributed by atoms with Crippen LogP contribution in [0, 0.1) is 12.7 Å². The van der Waals surface area contributed by atoms with Gasteiger partial charge in [-0.25, -0.2) is 4.39 Å². The van der Waals surface area contributed by atoms with E-state index < -0.39 is 0 Å². The third-order valence-electron chi connectivity index (χ3n) is 3.71. The number of benzene rings is 1. The summed E-state index contributed by atoms with van der Waals surface area (Å²) in [6.45, 7) is 2.48. The van der Waals surface area contributed by atoms with Gasteiger partial charge in [0.15, 0.2) is 0 Å². The predicted octanol–water partition coefficient (Wildman–Crippen LogP) is 3.03. The molecule has 1 aliphatic rings. The Morgan fingerprint density at radius 2 is 2.24 bits per heavy atom. The lowest BCUT2D eigenvalue weighted by Crippen LogP contribution is -2.19. The predicted molar refractivity (Wildman–Crippen MR) is 79.7 cm³/mol. The van der Waals surface area contributed by atoms with E-state index in [1.54, 1.807) is 18.5 Å². The van der Waals surface area contributed by atoms with Crippen molar-refractivity contribution in [1.82, 2.24) is 4.98 Å². The van der Waals surface area contributed by atoms with Gasteiger partial charge in [-0.3, -0.25) is 9.78 Å². The Labute approximate surface area is 122 Å². The van der Waals surface area contributed by atoms with E-state index in [-0.39, 0.29) is 11.7 Å². The van der Waals surface area contributed by atoms with E-state index in [2.05, 4.69) is 15.6 Å². The van der Waals surface area contributed by atoms with E-state index >= 15 is 0 Å². The van der Waals surface area contributed by atoms with Gasteiger partial charge in [0.2, 0.25) is 5.91 Å². The smallest absolute Gasteiger partial charge is 0.224 e. The quantitative estimate of drug-likeness (QED) is 0.911. The molecule has 1 aromatic carbocycles. The molecule has 0 fully saturated rings. The fraction of sp³-hybridized carbons (Fsp3) is 0.250. The van der Waals surface area contributed by atoms with Crippen LogP contribution in [0.25, 0.3) is 0 Å². The lowest BCUT2D eigenvalue weighted by Gasteiger charge is -2.19. The highest BCUT2D eigenvalue weighted by Gasteiger charge is 2.17. The largest absolute Gasteiger partial charge is 0.378 e. The molecular weight excluding hydrogens is 269 g/mol. The Kier molecular flexibility index (Phi) is 3.56. The highest BCUT2D eigenvalue weighted by Crippen LogP contribution is 2.29. The number of carbonyl (C=O) groups excluding carboxylic acids is 1. The van der Waals surface area contributed by atoms with Crippen molar-refractivity contribution in [2.24, 2.45) is 0 Å². The van der Waals surface area contributed by atoms with Gasteiger partial charge in [-0.1, -0.05) is 0 Å². The van der Waals surface area contributed by atoms with E-state index in [1.807, 2.05) is 13.0 Å². The number of fused-ring (bicyclic) bond motifs is 1. The summed E-state index contributed by atoms with van der Waals surface area (Å²) in [5.74, 6) is -0.324. The number of halogens is 1. The van der Waals surface area contributed by atoms with Crippen LogP contribution < -0.4 is 10.6 Å². The lowest BCUT2D eigenvalue weighted by molar-refractivity contribution is -0.116. The molecule has 4 nitrogen and oxygen atoms in total. The molecule has 2 N–H and O–H groups in total. The first-order valence-electron chi connectivity index (χ1n) is 6.89. The third kappa shape index (κ3) is 2.86. The first kappa shape index (κ1) is 13.5. The Hall–Kier alpha value is -2.43. The molecule has 2 aromatic rings. The second-order valence-corrected chi connectivity index (χ2v) is 5.19. The average Bonchev–Trinajstić information content (AvgIpc) is 2.47. The monoisotopic (exact) mass is 285 g/mol. The molecule has 0 aliphatic carbocycles. The second-order valence-electron chi connectivity index (χ2n) is 5.19. The van der Waals surface area contributed by atoms with Crippen molar-refractivity contribution in [1.29, 1.82) is 0 Å². The molecule has 3 rings (SSSR count). The molecular formula is C16H16FN3O. The maximum absolute atomic E-state index is 14.1. The fourth-order valence-electron chi connectivity index (χ4n) is 2.41. The summed E-state index contributed by atoms with van der Waals surface area (Å²) in [6.07, 6.45) is 4.49. The van der Waals surface area contributed by atoms with Gasteiger partial charge in [0.05, 0.1) is 5.69 Å². The van der Waals surface area contributed by atoms with Crippen molar-refractivity contribution in [2.45, 2.75) is 26.3 Å². The minimum Gasteiger partial charge on any atom is -0.378 e. The number of amides is 1. The SMILES string of the molecule is Cc1ccncc1CNc1cc2c(cc1F)CCC(=O)N2. The summed E-state index contributed by atoms with van der Waals surface area (Å²) in [7, 11) is 0. The number of rotatable bonds is 3. The van der Waals surface area contributed by atoms with Gasteiger partial charge in [-0.05, 0) is 48.2 Å². The standard InChI is InChI=1S/C16H16FN3O/c1-10-4-5-18-8-12(10)9-19-15-7-14-11(6-13(15)17)2-3-16(21)20-14/h4-8,19H,2-3,9H2,1H3,(H,20,21). The Morgan fingerprint density at radius 1 is 1.38 bits per heavy atom. The molecule has 0 atom stereocenters. The summed E-state index contributed by atoms with van der Waals surface area (Å²) < 4.78 is 14.1. The van der Waals surface area contributed by atoms with E-state index in [0.29, 0.717) is 30.8 Å². The minimum atomic E-state index is -0.300. The topological polar surface area (TPSA) is 54.0 Å². The van der Waals surface area contributed by atoms with Gasteiger partial charge in [-0.2, -0.15) is 0 Å². The van der Waals surface area contributed by atoms with Gasteiger partial charge in [0, 0.05) is 31.0 Å². The summed E-state index contributed by atoms with van der Waals surface area (Å²) >= 11 is 0. The number of nitrogens with one attached hydrogen (secondary N) is 2. The summed E-state index contributed by atoms with van der Waals surface area (Å²) in [5.41, 5.74) is 4.04. The lowest BCUT2D eigenvalue weighted by atomic mass is 10.0. The number of anilines is 2. The summed E-state index contributed by atoms with van der Waals surface area (Å²) in [6, 6.07) is 5.07. The molecule has 21 heavy (non-hydrogen) atoms. The molecule has 1 amide bonds. The maximum Gasteiger partial charge on any atom is 0.224 e. The molecule has 0 saturated carbocycles. The van der Waals surface area contributed by atoms with Crippen LogP contribution in [0.3, 0.4) is 0 Å². The number of hydrogen-bond donors (Lipinski definition) is 2. The first-order valence-corrected chi connectivity index (χ1v) is 6.89. The summed E-state index contributed by atoms with van der Waals surface area (Å²) in [5, 5.41) is 5.85. The van der Waals surface area contributed by atoms with Crippen LogP contribution in [0.15, 0.2) is 30.6 Å². The normalized spacial score (nSPS) is 13.5. The number of nitrogens with zero attached hydrogens (tertiary/aromatic N) is 1. The third-order valence-corrected chi connectivity index (χ3v) is 3.71. The van der Waals surface area contributed by atoms with Crippen molar-refractivity contribution in [3.8, 4) is 0 Å². The van der Waals surface area contributed by atoms with Crippen molar-refractivity contribution in [2.75, 3.05) is 10.6 Å². The van der Waals surface area contributed by atoms with E-state index in [4.69, 9.17) is 0 Å². The highest BCUT2D eigenvalue weighted by atomic mass is 19.1. The Bertz CT molecular complexity index is 700. The van der Waals surface area contributed by atoms with Gasteiger partial charge in [0.25, 0.3) is 0 Å². The first-order chi connectivity index (χ1) is 10.1. The van der Waals surface area contributed by atoms with E-state index in [1.165, 1.54) is 6.07 Å². The number of pyridine rings is 1. The number of hydrogen-bond acceptors (Lipinski definition) is 3. The van der Waals surface area contributed by atoms with Crippen LogP contribution in [0.5, 0.6) is 0 Å². The van der Waals surface area contributed by atoms with Crippen molar-refractivity contribution < 1.29 is 9.18 Å². The van der Waals surface area contributed by atoms with Crippen molar-refractivity contribution in [3.05, 3.63) is 53.1 Å². The fourth-order valence-corrected chi connectivity index (χ4v) is 2.41. The average molecular weight is 285 g/mol. The van der Waals surface area contributed by atoms with Crippen LogP contribution in [0.4, 0.5) is 15.8 Å². The molecule has 2 heterocycles. The van der Waals surface area contributed by atoms with Crippen molar-refractivity contribution in [3.63, 3.8) is 0 Å². The van der Waals surface area contributed by atoms with E-state index in [9.17, 15) is 9.18 Å². The number of aromatic nitrogens is 1. The minimum absolute atomic E-state index is 0.0249. The van der Waals surface area contributed by atoms with E-state index in [0.717, 1.165) is 16.7 Å². The molecule has 0 unspecified atom stereocenters. The molecule has 1 aliphatic heterocycles. The molecule has 0 bridgehead atoms. The zero-order valence-electron chi connectivity index (χ0n) is 11.7. The van der Waals surface area contributed by atoms with Crippen LogP contribution >= 0.6 is 0 Å². The molecule has 0 spiro atoms. The summed E-state index contributed by atoms with van der Waals surface area (Å²) in [4.78, 5) is 15.5. The number of aryl methyl sites for hydroxylation is 2. The zero-order valence-corrected chi connectivity index (χ0v) is 11.7. The zero-order chi connectivity index (χ0) is 14.8. The maximum atomic E-state index is 14.1. The second kappa shape index (κ2) is 5.52. The molecule has 108 valence electrons. The van der Waals surface area contributed by atoms with Gasteiger partial charge in [0.1, 0.15) is 5.82 Å². The van der Waals surface area contributed by atoms with Crippen LogP contribution in [0.1, 0.15) is 23.1 Å². The van der Waals surface area contributed by atoms with Gasteiger partial charge in [-0.15, -0.1) is 0 Å². The Balaban J connectivity index is 1.81. The Morgan fingerprint density at radius 3 is 3.05 bits per heavy atom. The molecule has 1 aromatic heterocycles. The molecule has 5 heteroatoms.